The van der Waals surface area contributed by atoms with E-state index in [4.69, 9.17) is 10.2 Å². The van der Waals surface area contributed by atoms with Gasteiger partial charge in [-0.05, 0) is 31.5 Å². The van der Waals surface area contributed by atoms with Gasteiger partial charge in [0.25, 0.3) is 5.78 Å². The average Bonchev–Trinajstić information content (AvgIpc) is 3.53. The molecule has 36 heavy (non-hydrogen) atoms. The van der Waals surface area contributed by atoms with Crippen molar-refractivity contribution in [3.05, 3.63) is 54.3 Å². The van der Waals surface area contributed by atoms with Gasteiger partial charge >= 0.3 is 0 Å². The highest BCUT2D eigenvalue weighted by molar-refractivity contribution is 5.86. The standard InChI is InChI=1S/C24H28FN9O2/c1-24(2,25)15-32-10-12-33(13-11-32)20(35)18(16-7-4-3-5-8-16)27-22-29-21(26)34-23(30-22)28-19(31-34)17-9-6-14-36-17/h3-9,14,18H,10-13,15H2,1-2H3,(H3,26,27,28,29,30,31)/t18-/m0/s1. The Morgan fingerprint density at radius 1 is 1.11 bits per heavy atom. The molecule has 1 aromatic carbocycles. The maximum atomic E-state index is 14.1. The van der Waals surface area contributed by atoms with E-state index in [1.54, 1.807) is 30.9 Å². The molecule has 0 radical (unpaired) electrons. The summed E-state index contributed by atoms with van der Waals surface area (Å²) in [5, 5.41) is 7.45. The number of fused-ring (bicyclic) bond motifs is 1. The normalized spacial score (nSPS) is 15.8. The Kier molecular flexibility index (Phi) is 6.27. The van der Waals surface area contributed by atoms with Gasteiger partial charge in [0.15, 0.2) is 5.76 Å². The van der Waals surface area contributed by atoms with E-state index in [2.05, 4.69) is 25.4 Å². The van der Waals surface area contributed by atoms with Gasteiger partial charge in [0.1, 0.15) is 11.7 Å². The molecule has 0 bridgehead atoms. The number of hydrogen-bond donors (Lipinski definition) is 2. The summed E-state index contributed by atoms with van der Waals surface area (Å²) in [7, 11) is 0. The zero-order valence-electron chi connectivity index (χ0n) is 20.1. The van der Waals surface area contributed by atoms with E-state index in [-0.39, 0.29) is 23.6 Å². The van der Waals surface area contributed by atoms with Gasteiger partial charge in [-0.2, -0.15) is 19.5 Å². The van der Waals surface area contributed by atoms with Crippen LogP contribution in [0.4, 0.5) is 16.3 Å². The Bertz CT molecular complexity index is 1330. The lowest BCUT2D eigenvalue weighted by atomic mass is 10.0. The van der Waals surface area contributed by atoms with E-state index < -0.39 is 11.7 Å². The lowest BCUT2D eigenvalue weighted by molar-refractivity contribution is -0.134. The molecule has 4 heterocycles. The molecule has 3 aromatic heterocycles. The van der Waals surface area contributed by atoms with Crippen molar-refractivity contribution < 1.29 is 13.6 Å². The Morgan fingerprint density at radius 2 is 1.86 bits per heavy atom. The van der Waals surface area contributed by atoms with Crippen LogP contribution in [-0.4, -0.2) is 78.7 Å². The predicted molar refractivity (Wildman–Crippen MR) is 132 cm³/mol. The number of alkyl halides is 1. The lowest BCUT2D eigenvalue weighted by Crippen LogP contribution is -2.52. The number of benzene rings is 1. The monoisotopic (exact) mass is 493 g/mol. The van der Waals surface area contributed by atoms with Gasteiger partial charge in [-0.15, -0.1) is 5.10 Å². The van der Waals surface area contributed by atoms with Crippen LogP contribution in [0, 0.1) is 0 Å². The maximum Gasteiger partial charge on any atom is 0.259 e. The van der Waals surface area contributed by atoms with Crippen LogP contribution in [0.15, 0.2) is 53.1 Å². The Hall–Kier alpha value is -4.06. The smallest absolute Gasteiger partial charge is 0.259 e. The Morgan fingerprint density at radius 3 is 2.53 bits per heavy atom. The van der Waals surface area contributed by atoms with E-state index in [9.17, 15) is 9.18 Å². The Balaban J connectivity index is 1.38. The molecule has 1 amide bonds. The minimum Gasteiger partial charge on any atom is -0.461 e. The number of hydrogen-bond acceptors (Lipinski definition) is 9. The zero-order valence-corrected chi connectivity index (χ0v) is 20.1. The first-order valence-corrected chi connectivity index (χ1v) is 11.7. The quantitative estimate of drug-likeness (QED) is 0.398. The number of carbonyl (C=O) groups excluding carboxylic acids is 1. The van der Waals surface area contributed by atoms with Crippen molar-refractivity contribution in [1.82, 2.24) is 34.4 Å². The van der Waals surface area contributed by atoms with Gasteiger partial charge in [0.05, 0.1) is 6.26 Å². The summed E-state index contributed by atoms with van der Waals surface area (Å²) in [5.74, 6) is 1.11. The van der Waals surface area contributed by atoms with E-state index in [0.29, 0.717) is 44.3 Å². The molecule has 3 N–H and O–H groups in total. The summed E-state index contributed by atoms with van der Waals surface area (Å²) in [6.07, 6.45) is 1.53. The number of carbonyl (C=O) groups is 1. The molecule has 0 unspecified atom stereocenters. The third-order valence-electron chi connectivity index (χ3n) is 5.91. The summed E-state index contributed by atoms with van der Waals surface area (Å²) < 4.78 is 20.7. The fraction of sp³-hybridized carbons (Fsp3) is 0.375. The van der Waals surface area contributed by atoms with Crippen molar-refractivity contribution >= 4 is 23.6 Å². The molecule has 188 valence electrons. The first-order valence-electron chi connectivity index (χ1n) is 11.7. The topological polar surface area (TPSA) is 131 Å². The lowest BCUT2D eigenvalue weighted by Gasteiger charge is -2.38. The van der Waals surface area contributed by atoms with Gasteiger partial charge in [-0.1, -0.05) is 30.3 Å². The van der Waals surface area contributed by atoms with Crippen LogP contribution < -0.4 is 11.1 Å². The van der Waals surface area contributed by atoms with Crippen molar-refractivity contribution in [2.45, 2.75) is 25.6 Å². The van der Waals surface area contributed by atoms with Gasteiger partial charge in [-0.3, -0.25) is 9.69 Å². The molecule has 1 saturated heterocycles. The number of amides is 1. The molecule has 1 aliphatic heterocycles. The largest absolute Gasteiger partial charge is 0.461 e. The highest BCUT2D eigenvalue weighted by atomic mass is 19.1. The fourth-order valence-electron chi connectivity index (χ4n) is 4.28. The first-order chi connectivity index (χ1) is 17.3. The minimum atomic E-state index is -1.28. The third-order valence-corrected chi connectivity index (χ3v) is 5.91. The van der Waals surface area contributed by atoms with Crippen LogP contribution >= 0.6 is 0 Å². The molecule has 0 spiro atoms. The van der Waals surface area contributed by atoms with Crippen LogP contribution in [0.5, 0.6) is 0 Å². The van der Waals surface area contributed by atoms with Crippen LogP contribution in [0.2, 0.25) is 0 Å². The van der Waals surface area contributed by atoms with Crippen molar-refractivity contribution in [3.63, 3.8) is 0 Å². The van der Waals surface area contributed by atoms with E-state index in [0.717, 1.165) is 5.56 Å². The number of halogens is 1. The van der Waals surface area contributed by atoms with Gasteiger partial charge < -0.3 is 20.4 Å². The fourth-order valence-corrected chi connectivity index (χ4v) is 4.28. The van der Waals surface area contributed by atoms with Crippen LogP contribution in [-0.2, 0) is 4.79 Å². The van der Waals surface area contributed by atoms with Crippen LogP contribution in [0.3, 0.4) is 0 Å². The molecule has 0 saturated carbocycles. The minimum absolute atomic E-state index is 0.0644. The molecule has 0 aliphatic carbocycles. The number of nitrogens with two attached hydrogens (primary N) is 1. The highest BCUT2D eigenvalue weighted by Gasteiger charge is 2.31. The molecular formula is C24H28FN9O2. The average molecular weight is 494 g/mol. The third kappa shape index (κ3) is 5.13. The van der Waals surface area contributed by atoms with Gasteiger partial charge in [0.2, 0.25) is 23.6 Å². The van der Waals surface area contributed by atoms with Crippen molar-refractivity contribution in [2.24, 2.45) is 0 Å². The number of piperazine rings is 1. The van der Waals surface area contributed by atoms with E-state index >= 15 is 0 Å². The number of nitrogens with one attached hydrogen (secondary N) is 1. The molecular weight excluding hydrogens is 465 g/mol. The Labute approximate surface area is 207 Å². The zero-order chi connectivity index (χ0) is 25.3. The molecule has 5 rings (SSSR count). The number of aromatic nitrogens is 5. The number of furan rings is 1. The number of rotatable bonds is 7. The molecule has 11 nitrogen and oxygen atoms in total. The van der Waals surface area contributed by atoms with Crippen LogP contribution in [0.1, 0.15) is 25.5 Å². The number of nitrogens with zero attached hydrogens (tertiary/aromatic N) is 7. The van der Waals surface area contributed by atoms with E-state index in [1.807, 2.05) is 35.2 Å². The summed E-state index contributed by atoms with van der Waals surface area (Å²) in [6.45, 7) is 5.67. The summed E-state index contributed by atoms with van der Waals surface area (Å²) in [4.78, 5) is 30.6. The summed E-state index contributed by atoms with van der Waals surface area (Å²) in [5.41, 5.74) is 5.61. The molecule has 1 aliphatic rings. The van der Waals surface area contributed by atoms with Crippen molar-refractivity contribution in [2.75, 3.05) is 43.8 Å². The second-order valence-electron chi connectivity index (χ2n) is 9.34. The maximum absolute atomic E-state index is 14.1. The van der Waals surface area contributed by atoms with E-state index in [1.165, 1.54) is 10.8 Å². The second kappa shape index (κ2) is 9.53. The van der Waals surface area contributed by atoms with Gasteiger partial charge in [0, 0.05) is 32.7 Å². The SMILES string of the molecule is CC(C)(F)CN1CCN(C(=O)[C@@H](Nc2nc(N)n3nc(-c4ccco4)nc3n2)c2ccccc2)CC1. The van der Waals surface area contributed by atoms with Gasteiger partial charge in [-0.25, -0.2) is 4.39 Å². The summed E-state index contributed by atoms with van der Waals surface area (Å²) in [6, 6.07) is 12.1. The highest BCUT2D eigenvalue weighted by Crippen LogP contribution is 2.23. The van der Waals surface area contributed by atoms with Crippen LogP contribution in [0.25, 0.3) is 17.4 Å². The number of anilines is 2. The molecule has 4 aromatic rings. The molecule has 12 heteroatoms. The van der Waals surface area contributed by atoms with Crippen molar-refractivity contribution in [3.8, 4) is 11.6 Å². The first kappa shape index (κ1) is 23.7. The predicted octanol–water partition coefficient (Wildman–Crippen LogP) is 2.41. The second-order valence-corrected chi connectivity index (χ2v) is 9.34. The molecule has 1 fully saturated rings. The summed E-state index contributed by atoms with van der Waals surface area (Å²) >= 11 is 0. The molecule has 1 atom stereocenters. The van der Waals surface area contributed by atoms with Crippen molar-refractivity contribution in [1.29, 1.82) is 0 Å². The number of nitrogen functional groups attached to an aromatic ring is 1.